The third kappa shape index (κ3) is 3.73. The predicted molar refractivity (Wildman–Crippen MR) is 191 cm³/mol. The number of benzene rings is 6. The number of fused-ring (bicyclic) bond motifs is 10. The minimum Gasteiger partial charge on any atom is -0.254 e. The van der Waals surface area contributed by atoms with Crippen LogP contribution in [0.1, 0.15) is 0 Å². The molecule has 0 radical (unpaired) electrons. The van der Waals surface area contributed by atoms with E-state index in [0.717, 1.165) is 55.2 Å². The molecule has 0 aliphatic rings. The highest BCUT2D eigenvalue weighted by Gasteiger charge is 2.16. The molecule has 0 unspecified atom stereocenters. The van der Waals surface area contributed by atoms with E-state index in [1.54, 1.807) is 0 Å². The number of thiophene rings is 1. The zero-order valence-electron chi connectivity index (χ0n) is 24.0. The number of hydrogen-bond donors (Lipinski definition) is 0. The van der Waals surface area contributed by atoms with Crippen molar-refractivity contribution in [3.8, 4) is 22.5 Å². The van der Waals surface area contributed by atoms with Crippen molar-refractivity contribution in [1.29, 1.82) is 0 Å². The minimum atomic E-state index is 0.923. The third-order valence-electron chi connectivity index (χ3n) is 9.08. The summed E-state index contributed by atoms with van der Waals surface area (Å²) in [6, 6.07) is 47.7. The number of nitrogens with zero attached hydrogens (tertiary/aromatic N) is 3. The van der Waals surface area contributed by atoms with Gasteiger partial charge in [0.1, 0.15) is 0 Å². The molecular formula is C41H23N3S. The molecular weight excluding hydrogens is 567 g/mol. The third-order valence-corrected chi connectivity index (χ3v) is 10.3. The number of hydrogen-bond acceptors (Lipinski definition) is 4. The Morgan fingerprint density at radius 1 is 0.422 bits per heavy atom. The highest BCUT2D eigenvalue weighted by Crippen LogP contribution is 2.41. The molecule has 0 saturated heterocycles. The second-order valence-corrected chi connectivity index (χ2v) is 12.7. The maximum Gasteiger partial charge on any atom is 0.0972 e. The average Bonchev–Trinajstić information content (AvgIpc) is 3.49. The van der Waals surface area contributed by atoms with Crippen molar-refractivity contribution >= 4 is 85.8 Å². The smallest absolute Gasteiger partial charge is 0.0972 e. The molecule has 0 fully saturated rings. The van der Waals surface area contributed by atoms with Gasteiger partial charge in [0.25, 0.3) is 0 Å². The lowest BCUT2D eigenvalue weighted by atomic mass is 9.92. The maximum atomic E-state index is 5.26. The monoisotopic (exact) mass is 589 g/mol. The van der Waals surface area contributed by atoms with Crippen LogP contribution in [0.5, 0.6) is 0 Å². The van der Waals surface area contributed by atoms with Crippen LogP contribution >= 0.6 is 11.3 Å². The fraction of sp³-hybridized carbons (Fsp3) is 0. The van der Waals surface area contributed by atoms with Gasteiger partial charge in [-0.2, -0.15) is 0 Å². The van der Waals surface area contributed by atoms with Crippen LogP contribution < -0.4 is 0 Å². The van der Waals surface area contributed by atoms with Crippen LogP contribution in [0.25, 0.3) is 96.9 Å². The van der Waals surface area contributed by atoms with Crippen molar-refractivity contribution in [2.24, 2.45) is 0 Å². The Kier molecular flexibility index (Phi) is 5.16. The molecule has 0 aliphatic heterocycles. The van der Waals surface area contributed by atoms with Gasteiger partial charge in [0.05, 0.1) is 27.9 Å². The Hall–Kier alpha value is -5.71. The second kappa shape index (κ2) is 9.39. The highest BCUT2D eigenvalue weighted by molar-refractivity contribution is 7.26. The average molecular weight is 590 g/mol. The van der Waals surface area contributed by atoms with Gasteiger partial charge in [-0.05, 0) is 70.1 Å². The summed E-state index contributed by atoms with van der Waals surface area (Å²) in [6.45, 7) is 0. The molecule has 0 amide bonds. The van der Waals surface area contributed by atoms with Gasteiger partial charge in [-0.1, -0.05) is 84.9 Å². The Bertz CT molecular complexity index is 2830. The van der Waals surface area contributed by atoms with E-state index in [1.807, 2.05) is 23.6 Å². The van der Waals surface area contributed by atoms with Crippen molar-refractivity contribution in [2.75, 3.05) is 0 Å². The van der Waals surface area contributed by atoms with Gasteiger partial charge in [-0.15, -0.1) is 11.3 Å². The molecule has 208 valence electrons. The molecule has 0 N–H and O–H groups in total. The molecule has 4 heterocycles. The molecule has 0 saturated carbocycles. The minimum absolute atomic E-state index is 0.923. The van der Waals surface area contributed by atoms with Crippen LogP contribution in [0.2, 0.25) is 0 Å². The van der Waals surface area contributed by atoms with Crippen molar-refractivity contribution in [3.63, 3.8) is 0 Å². The molecule has 4 heteroatoms. The van der Waals surface area contributed by atoms with E-state index in [0.29, 0.717) is 0 Å². The van der Waals surface area contributed by atoms with Crippen LogP contribution in [0.3, 0.4) is 0 Å². The molecule has 4 aromatic heterocycles. The van der Waals surface area contributed by atoms with E-state index >= 15 is 0 Å². The summed E-state index contributed by atoms with van der Waals surface area (Å²) in [7, 11) is 0. The van der Waals surface area contributed by atoms with Gasteiger partial charge in [0.15, 0.2) is 0 Å². The Labute approximate surface area is 262 Å². The molecule has 10 aromatic rings. The standard InChI is InChI=1S/C41H23N3S/c1-2-7-27-23-34-29(36-18-13-25-12-11-24-8-5-21-42-39(24)40(25)44-36)15-14-28(33(34)22-26(27)6-1)35-20-17-32-37(43-35)19-16-31-30-9-3-4-10-38(30)45-41(31)32/h1-23H. The number of pyridine rings is 3. The first-order valence-corrected chi connectivity index (χ1v) is 15.9. The molecule has 0 aliphatic carbocycles. The summed E-state index contributed by atoms with van der Waals surface area (Å²) < 4.78 is 2.60. The first-order valence-electron chi connectivity index (χ1n) is 15.1. The van der Waals surface area contributed by atoms with Crippen LogP contribution in [-0.4, -0.2) is 15.0 Å². The van der Waals surface area contributed by atoms with E-state index in [9.17, 15) is 0 Å². The molecule has 3 nitrogen and oxygen atoms in total. The summed E-state index contributed by atoms with van der Waals surface area (Å²) in [5.74, 6) is 0. The Morgan fingerprint density at radius 2 is 1.07 bits per heavy atom. The van der Waals surface area contributed by atoms with Crippen LogP contribution in [0, 0.1) is 0 Å². The topological polar surface area (TPSA) is 38.7 Å². The first-order chi connectivity index (χ1) is 22.3. The summed E-state index contributed by atoms with van der Waals surface area (Å²) in [6.07, 6.45) is 1.84. The van der Waals surface area contributed by atoms with E-state index < -0.39 is 0 Å². The largest absolute Gasteiger partial charge is 0.254 e. The zero-order chi connectivity index (χ0) is 29.5. The quantitative estimate of drug-likeness (QED) is 0.149. The molecule has 0 atom stereocenters. The van der Waals surface area contributed by atoms with Gasteiger partial charge in [0, 0.05) is 53.7 Å². The molecule has 0 spiro atoms. The van der Waals surface area contributed by atoms with Gasteiger partial charge in [-0.3, -0.25) is 4.98 Å². The molecule has 6 aromatic carbocycles. The van der Waals surface area contributed by atoms with Crippen molar-refractivity contribution in [3.05, 3.63) is 140 Å². The fourth-order valence-electron chi connectivity index (χ4n) is 6.89. The summed E-state index contributed by atoms with van der Waals surface area (Å²) in [5, 5.41) is 10.7. The number of aromatic nitrogens is 3. The van der Waals surface area contributed by atoms with Crippen LogP contribution in [-0.2, 0) is 0 Å². The van der Waals surface area contributed by atoms with Crippen molar-refractivity contribution in [1.82, 2.24) is 15.0 Å². The normalized spacial score (nSPS) is 12.0. The summed E-state index contributed by atoms with van der Waals surface area (Å²) in [4.78, 5) is 15.2. The van der Waals surface area contributed by atoms with Gasteiger partial charge in [-0.25, -0.2) is 9.97 Å². The Morgan fingerprint density at radius 3 is 1.89 bits per heavy atom. The molecule has 10 rings (SSSR count). The second-order valence-electron chi connectivity index (χ2n) is 11.6. The predicted octanol–water partition coefficient (Wildman–Crippen LogP) is 11.3. The number of rotatable bonds is 2. The SMILES string of the molecule is c1ccc2cc3c(-c4ccc5ccc6cccnc6c5n4)ccc(-c4ccc5c(ccc6c7ccccc7sc56)n4)c3cc2c1. The highest BCUT2D eigenvalue weighted by atomic mass is 32.1. The van der Waals surface area contributed by atoms with E-state index in [2.05, 4.69) is 132 Å². The maximum absolute atomic E-state index is 5.26. The summed E-state index contributed by atoms with van der Waals surface area (Å²) in [5.41, 5.74) is 6.99. The van der Waals surface area contributed by atoms with Gasteiger partial charge >= 0.3 is 0 Å². The van der Waals surface area contributed by atoms with Crippen molar-refractivity contribution < 1.29 is 0 Å². The van der Waals surface area contributed by atoms with Crippen LogP contribution in [0.4, 0.5) is 0 Å². The lowest BCUT2D eigenvalue weighted by molar-refractivity contribution is 1.37. The first kappa shape index (κ1) is 24.7. The van der Waals surface area contributed by atoms with E-state index in [4.69, 9.17) is 9.97 Å². The van der Waals surface area contributed by atoms with Crippen molar-refractivity contribution in [2.45, 2.75) is 0 Å². The lowest BCUT2D eigenvalue weighted by Gasteiger charge is -2.14. The molecule has 45 heavy (non-hydrogen) atoms. The zero-order valence-corrected chi connectivity index (χ0v) is 24.8. The van der Waals surface area contributed by atoms with Gasteiger partial charge < -0.3 is 0 Å². The Balaban J connectivity index is 1.21. The lowest BCUT2D eigenvalue weighted by Crippen LogP contribution is -1.92. The van der Waals surface area contributed by atoms with Crippen LogP contribution in [0.15, 0.2) is 140 Å². The summed E-state index contributed by atoms with van der Waals surface area (Å²) >= 11 is 1.85. The fourth-order valence-corrected chi connectivity index (χ4v) is 8.11. The molecule has 0 bridgehead atoms. The van der Waals surface area contributed by atoms with E-state index in [-0.39, 0.29) is 0 Å². The van der Waals surface area contributed by atoms with Gasteiger partial charge in [0.2, 0.25) is 0 Å². The van der Waals surface area contributed by atoms with E-state index in [1.165, 1.54) is 41.7 Å².